The summed E-state index contributed by atoms with van der Waals surface area (Å²) < 4.78 is 7.78. The fraction of sp³-hybridized carbons (Fsp3) is 0.545. The minimum atomic E-state index is -1.39. The van der Waals surface area contributed by atoms with E-state index in [9.17, 15) is 15.0 Å². The van der Waals surface area contributed by atoms with Crippen LogP contribution in [-0.2, 0) is 11.8 Å². The minimum absolute atomic E-state index is 0.0441. The van der Waals surface area contributed by atoms with Gasteiger partial charge in [-0.15, -0.1) is 0 Å². The number of hydrogen-bond acceptors (Lipinski definition) is 7. The number of aliphatic hydroxyl groups is 3. The van der Waals surface area contributed by atoms with Gasteiger partial charge in [0.05, 0.1) is 12.9 Å². The van der Waals surface area contributed by atoms with E-state index in [-0.39, 0.29) is 16.7 Å². The van der Waals surface area contributed by atoms with E-state index in [1.54, 1.807) is 7.05 Å². The van der Waals surface area contributed by atoms with Crippen LogP contribution in [0.4, 0.5) is 0 Å². The topological polar surface area (TPSA) is 149 Å². The van der Waals surface area contributed by atoms with Gasteiger partial charge in [-0.2, -0.15) is 0 Å². The van der Waals surface area contributed by atoms with Crippen molar-refractivity contribution in [3.05, 3.63) is 22.3 Å². The summed E-state index contributed by atoms with van der Waals surface area (Å²) in [5.41, 5.74) is -0.240. The van der Waals surface area contributed by atoms with Crippen LogP contribution in [0.2, 0.25) is 0 Å². The van der Waals surface area contributed by atoms with E-state index in [2.05, 4.69) is 9.97 Å². The predicted molar refractivity (Wildman–Crippen MR) is 68.2 cm³/mol. The molecule has 3 rings (SSSR count). The third kappa shape index (κ3) is 1.92. The van der Waals surface area contributed by atoms with Crippen LogP contribution in [0.25, 0.3) is 11.2 Å². The van der Waals surface area contributed by atoms with Gasteiger partial charge in [0.2, 0.25) is 0 Å². The average molecular weight is 297 g/mol. The predicted octanol–water partition coefficient (Wildman–Crippen LogP) is -2.85. The molecule has 2 aromatic rings. The second-order valence-electron chi connectivity index (χ2n) is 4.93. The minimum Gasteiger partial charge on any atom is -0.394 e. The van der Waals surface area contributed by atoms with E-state index >= 15 is 0 Å². The van der Waals surface area contributed by atoms with Crippen molar-refractivity contribution in [2.24, 2.45) is 7.05 Å². The van der Waals surface area contributed by atoms with E-state index in [0.717, 1.165) is 4.57 Å². The first-order valence-electron chi connectivity index (χ1n) is 6.28. The summed E-state index contributed by atoms with van der Waals surface area (Å²) in [5, 5.41) is 36.7. The molecule has 10 nitrogen and oxygen atoms in total. The number of ether oxygens (including phenoxy) is 1. The summed E-state index contributed by atoms with van der Waals surface area (Å²) in [6.07, 6.45) is -3.51. The molecule has 0 unspecified atom stereocenters. The Morgan fingerprint density at radius 1 is 1.48 bits per heavy atom. The Labute approximate surface area is 117 Å². The van der Waals surface area contributed by atoms with Gasteiger partial charge >= 0.3 is 5.69 Å². The molecule has 4 atom stereocenters. The Morgan fingerprint density at radius 3 is 2.81 bits per heavy atom. The Morgan fingerprint density at radius 2 is 2.19 bits per heavy atom. The Bertz CT molecular complexity index is 792. The van der Waals surface area contributed by atoms with Crippen molar-refractivity contribution in [3.63, 3.8) is 0 Å². The zero-order valence-electron chi connectivity index (χ0n) is 11.1. The maximum atomic E-state index is 12.1. The number of aliphatic hydroxyl groups excluding tert-OH is 3. The molecule has 0 aliphatic carbocycles. The van der Waals surface area contributed by atoms with Crippen molar-refractivity contribution in [3.8, 4) is 0 Å². The van der Waals surface area contributed by atoms with Crippen molar-refractivity contribution in [1.82, 2.24) is 19.1 Å². The molecule has 0 spiro atoms. The number of hydrogen-bond donors (Lipinski definition) is 5. The molecule has 0 amide bonds. The molecule has 1 fully saturated rings. The number of aryl methyl sites for hydroxylation is 1. The van der Waals surface area contributed by atoms with Gasteiger partial charge in [-0.1, -0.05) is 0 Å². The third-order valence-electron chi connectivity index (χ3n) is 3.62. The zero-order chi connectivity index (χ0) is 15.3. The molecule has 0 aromatic carbocycles. The molecule has 0 bridgehead atoms. The normalized spacial score (nSPS) is 29.3. The van der Waals surface area contributed by atoms with E-state index in [0.29, 0.717) is 0 Å². The van der Waals surface area contributed by atoms with Crippen LogP contribution >= 0.6 is 0 Å². The highest BCUT2D eigenvalue weighted by molar-refractivity contribution is 5.68. The summed E-state index contributed by atoms with van der Waals surface area (Å²) in [6, 6.07) is 0. The number of rotatable bonds is 2. The summed E-state index contributed by atoms with van der Waals surface area (Å²) in [4.78, 5) is 18.6. The molecule has 2 aromatic heterocycles. The summed E-state index contributed by atoms with van der Waals surface area (Å²) in [7, 11) is 1.61. The fourth-order valence-corrected chi connectivity index (χ4v) is 2.44. The second kappa shape index (κ2) is 4.77. The lowest BCUT2D eigenvalue weighted by Gasteiger charge is -2.15. The van der Waals surface area contributed by atoms with E-state index in [1.807, 2.05) is 0 Å². The molecule has 10 heteroatoms. The molecule has 5 N–H and O–H groups in total. The first-order valence-corrected chi connectivity index (χ1v) is 6.28. The highest BCUT2D eigenvalue weighted by Gasteiger charge is 2.44. The number of H-pyrrole nitrogens is 1. The maximum Gasteiger partial charge on any atom is 0.330 e. The Hall–Kier alpha value is -2.01. The molecule has 0 radical (unpaired) electrons. The van der Waals surface area contributed by atoms with Crippen molar-refractivity contribution < 1.29 is 20.1 Å². The number of nitrogens with one attached hydrogen (secondary N) is 2. The van der Waals surface area contributed by atoms with Crippen molar-refractivity contribution >= 4 is 11.2 Å². The molecule has 114 valence electrons. The van der Waals surface area contributed by atoms with E-state index in [1.165, 1.54) is 10.9 Å². The zero-order valence-corrected chi connectivity index (χ0v) is 11.1. The first kappa shape index (κ1) is 13.9. The molecule has 1 saturated heterocycles. The standard InChI is InChI=1S/C11H15N5O5/c1-15-3-13-9-5(8(15)12)14-11(20)16(9)10-7(19)6(18)4(2-17)21-10/h3-4,6-7,10,12,17-19H,2H2,1H3,(H,14,20)/t4-,6+,7+,10+/m0/s1. The van der Waals surface area contributed by atoms with Crippen LogP contribution in [0.5, 0.6) is 0 Å². The van der Waals surface area contributed by atoms with Gasteiger partial charge in [-0.3, -0.25) is 5.41 Å². The van der Waals surface area contributed by atoms with Gasteiger partial charge in [0.1, 0.15) is 23.8 Å². The summed E-state index contributed by atoms with van der Waals surface area (Å²) >= 11 is 0. The van der Waals surface area contributed by atoms with Gasteiger partial charge in [-0.25, -0.2) is 14.3 Å². The van der Waals surface area contributed by atoms with Crippen LogP contribution in [-0.4, -0.2) is 59.3 Å². The van der Waals surface area contributed by atoms with Crippen LogP contribution < -0.4 is 11.2 Å². The smallest absolute Gasteiger partial charge is 0.330 e. The van der Waals surface area contributed by atoms with Crippen LogP contribution in [0, 0.1) is 5.41 Å². The first-order chi connectivity index (χ1) is 9.95. The highest BCUT2D eigenvalue weighted by atomic mass is 16.6. The van der Waals surface area contributed by atoms with Crippen molar-refractivity contribution in [2.45, 2.75) is 24.5 Å². The van der Waals surface area contributed by atoms with Gasteiger partial charge in [0.15, 0.2) is 17.4 Å². The lowest BCUT2D eigenvalue weighted by Crippen LogP contribution is -2.34. The Balaban J connectivity index is 2.18. The molecule has 21 heavy (non-hydrogen) atoms. The highest BCUT2D eigenvalue weighted by Crippen LogP contribution is 2.29. The molecule has 0 saturated carbocycles. The number of aromatic nitrogens is 4. The van der Waals surface area contributed by atoms with Gasteiger partial charge < -0.3 is 29.6 Å². The maximum absolute atomic E-state index is 12.1. The molecule has 3 heterocycles. The van der Waals surface area contributed by atoms with Gasteiger partial charge in [-0.05, 0) is 0 Å². The lowest BCUT2D eigenvalue weighted by atomic mass is 10.1. The number of fused-ring (bicyclic) bond motifs is 1. The summed E-state index contributed by atoms with van der Waals surface area (Å²) in [6.45, 7) is -0.488. The molecular weight excluding hydrogens is 282 g/mol. The quantitative estimate of drug-likeness (QED) is 0.403. The number of aromatic amines is 1. The van der Waals surface area contributed by atoms with Gasteiger partial charge in [0, 0.05) is 7.05 Å². The van der Waals surface area contributed by atoms with Gasteiger partial charge in [0.25, 0.3) is 0 Å². The van der Waals surface area contributed by atoms with Crippen molar-refractivity contribution in [2.75, 3.05) is 6.61 Å². The number of imidazole rings is 1. The SMILES string of the molecule is Cn1cnc2c([nH]c(=O)n2[C@@H]2O[C@@H](CO)[C@@H](O)[C@H]2O)c1=N. The monoisotopic (exact) mass is 297 g/mol. The third-order valence-corrected chi connectivity index (χ3v) is 3.62. The van der Waals surface area contributed by atoms with E-state index in [4.69, 9.17) is 15.3 Å². The molecule has 1 aliphatic heterocycles. The molecule has 1 aliphatic rings. The van der Waals surface area contributed by atoms with E-state index < -0.39 is 36.8 Å². The molecular formula is C11H15N5O5. The fourth-order valence-electron chi connectivity index (χ4n) is 2.44. The lowest BCUT2D eigenvalue weighted by molar-refractivity contribution is -0.0524. The number of nitrogens with zero attached hydrogens (tertiary/aromatic N) is 3. The largest absolute Gasteiger partial charge is 0.394 e. The average Bonchev–Trinajstić information content (AvgIpc) is 2.93. The van der Waals surface area contributed by atoms with Crippen LogP contribution in [0.15, 0.2) is 11.1 Å². The van der Waals surface area contributed by atoms with Crippen LogP contribution in [0.1, 0.15) is 6.23 Å². The van der Waals surface area contributed by atoms with Crippen LogP contribution in [0.3, 0.4) is 0 Å². The summed E-state index contributed by atoms with van der Waals surface area (Å²) in [5.74, 6) is 0. The second-order valence-corrected chi connectivity index (χ2v) is 4.93. The Kier molecular flexibility index (Phi) is 3.17. The van der Waals surface area contributed by atoms with Crippen molar-refractivity contribution in [1.29, 1.82) is 5.41 Å².